The van der Waals surface area contributed by atoms with Crippen LogP contribution in [-0.2, 0) is 30.8 Å². The lowest BCUT2D eigenvalue weighted by molar-refractivity contribution is -0.142. The average molecular weight is 315 g/mol. The van der Waals surface area contributed by atoms with E-state index in [9.17, 15) is 18.0 Å². The Kier molecular flexibility index (Phi) is 5.86. The zero-order chi connectivity index (χ0) is 16.0. The molecule has 0 saturated carbocycles. The van der Waals surface area contributed by atoms with Crippen molar-refractivity contribution < 1.29 is 27.9 Å². The molecule has 1 aromatic carbocycles. The van der Waals surface area contributed by atoms with Crippen LogP contribution >= 0.6 is 0 Å². The van der Waals surface area contributed by atoms with E-state index < -0.39 is 33.3 Å². The number of carbonyl (C=O) groups is 2. The molecule has 1 rings (SSSR count). The highest BCUT2D eigenvalue weighted by Gasteiger charge is 2.33. The fourth-order valence-electron chi connectivity index (χ4n) is 1.60. The number of sulfonamides is 1. The van der Waals surface area contributed by atoms with Crippen LogP contribution in [0.25, 0.3) is 0 Å². The number of aliphatic carboxylic acids is 1. The van der Waals surface area contributed by atoms with Gasteiger partial charge in [-0.3, -0.25) is 9.59 Å². The molecule has 0 aliphatic heterocycles. The summed E-state index contributed by atoms with van der Waals surface area (Å²) in [7, 11) is -3.05. The number of carboxylic acids is 1. The standard InChI is InChI=1S/C13H17NO6S/c1-9(12(15)16)21(18,19)14-11(13(17)20-2)8-10-6-4-3-5-7-10/h3-7,9,11,14H,8H2,1-2H3,(H,15,16). The Balaban J connectivity index is 2.94. The lowest BCUT2D eigenvalue weighted by Gasteiger charge is -2.18. The first-order chi connectivity index (χ1) is 9.77. The Morgan fingerprint density at radius 2 is 1.86 bits per heavy atom. The molecule has 0 spiro atoms. The van der Waals surface area contributed by atoms with Crippen molar-refractivity contribution in [3.05, 3.63) is 35.9 Å². The highest BCUT2D eigenvalue weighted by Crippen LogP contribution is 2.08. The number of carbonyl (C=O) groups excluding carboxylic acids is 1. The smallest absolute Gasteiger partial charge is 0.324 e. The van der Waals surface area contributed by atoms with Crippen molar-refractivity contribution in [3.63, 3.8) is 0 Å². The number of ether oxygens (including phenoxy) is 1. The van der Waals surface area contributed by atoms with Crippen molar-refractivity contribution in [2.24, 2.45) is 0 Å². The molecule has 2 atom stereocenters. The van der Waals surface area contributed by atoms with E-state index >= 15 is 0 Å². The molecule has 0 aliphatic carbocycles. The first kappa shape index (κ1) is 17.1. The van der Waals surface area contributed by atoms with Gasteiger partial charge in [-0.25, -0.2) is 8.42 Å². The van der Waals surface area contributed by atoms with Crippen LogP contribution in [0.4, 0.5) is 0 Å². The SMILES string of the molecule is COC(=O)C(Cc1ccccc1)NS(=O)(=O)C(C)C(=O)O. The van der Waals surface area contributed by atoms with Crippen LogP contribution in [0.3, 0.4) is 0 Å². The van der Waals surface area contributed by atoms with E-state index in [4.69, 9.17) is 5.11 Å². The maximum atomic E-state index is 11.9. The molecule has 0 amide bonds. The van der Waals surface area contributed by atoms with Gasteiger partial charge < -0.3 is 9.84 Å². The summed E-state index contributed by atoms with van der Waals surface area (Å²) >= 11 is 0. The topological polar surface area (TPSA) is 110 Å². The van der Waals surface area contributed by atoms with Gasteiger partial charge in [0, 0.05) is 0 Å². The molecule has 1 aromatic rings. The van der Waals surface area contributed by atoms with E-state index in [1.807, 2.05) is 0 Å². The van der Waals surface area contributed by atoms with Gasteiger partial charge in [-0.2, -0.15) is 4.72 Å². The van der Waals surface area contributed by atoms with Crippen molar-refractivity contribution in [3.8, 4) is 0 Å². The minimum atomic E-state index is -4.18. The third-order valence-corrected chi connectivity index (χ3v) is 4.63. The molecular formula is C13H17NO6S. The number of rotatable bonds is 7. The van der Waals surface area contributed by atoms with E-state index in [1.165, 1.54) is 0 Å². The molecule has 0 aromatic heterocycles. The molecule has 0 radical (unpaired) electrons. The monoisotopic (exact) mass is 315 g/mol. The van der Waals surface area contributed by atoms with Crippen LogP contribution in [-0.4, -0.2) is 43.9 Å². The highest BCUT2D eigenvalue weighted by molar-refractivity contribution is 7.90. The number of carboxylic acid groups (broad SMARTS) is 1. The summed E-state index contributed by atoms with van der Waals surface area (Å²) in [5.41, 5.74) is 0.721. The zero-order valence-electron chi connectivity index (χ0n) is 11.6. The number of hydrogen-bond donors (Lipinski definition) is 2. The minimum Gasteiger partial charge on any atom is -0.480 e. The molecule has 0 fully saturated rings. The largest absolute Gasteiger partial charge is 0.480 e. The van der Waals surface area contributed by atoms with Crippen LogP contribution in [0.15, 0.2) is 30.3 Å². The lowest BCUT2D eigenvalue weighted by Crippen LogP contribution is -2.47. The Hall–Kier alpha value is -1.93. The summed E-state index contributed by atoms with van der Waals surface area (Å²) in [6.45, 7) is 1.03. The highest BCUT2D eigenvalue weighted by atomic mass is 32.2. The van der Waals surface area contributed by atoms with Gasteiger partial charge in [0.05, 0.1) is 7.11 Å². The van der Waals surface area contributed by atoms with E-state index in [0.29, 0.717) is 0 Å². The molecule has 0 saturated heterocycles. The number of methoxy groups -OCH3 is 1. The van der Waals surface area contributed by atoms with Crippen LogP contribution in [0.1, 0.15) is 12.5 Å². The van der Waals surface area contributed by atoms with Crippen molar-refractivity contribution in [1.82, 2.24) is 4.72 Å². The Bertz CT molecular complexity index is 598. The summed E-state index contributed by atoms with van der Waals surface area (Å²) in [6.07, 6.45) is 0.0685. The van der Waals surface area contributed by atoms with E-state index in [2.05, 4.69) is 9.46 Å². The fraction of sp³-hybridized carbons (Fsp3) is 0.385. The molecule has 116 valence electrons. The third-order valence-electron chi connectivity index (χ3n) is 2.89. The number of esters is 1. The molecule has 8 heteroatoms. The summed E-state index contributed by atoms with van der Waals surface area (Å²) in [6, 6.07) is 7.56. The van der Waals surface area contributed by atoms with Crippen molar-refractivity contribution in [1.29, 1.82) is 0 Å². The maximum absolute atomic E-state index is 11.9. The second-order valence-corrected chi connectivity index (χ2v) is 6.44. The van der Waals surface area contributed by atoms with Crippen molar-refractivity contribution in [2.45, 2.75) is 24.6 Å². The van der Waals surface area contributed by atoms with Crippen LogP contribution in [0.5, 0.6) is 0 Å². The van der Waals surface area contributed by atoms with E-state index in [0.717, 1.165) is 19.6 Å². The number of hydrogen-bond acceptors (Lipinski definition) is 5. The van der Waals surface area contributed by atoms with Gasteiger partial charge in [0.15, 0.2) is 5.25 Å². The summed E-state index contributed by atoms with van der Waals surface area (Å²) < 4.78 is 30.4. The second kappa shape index (κ2) is 7.19. The van der Waals surface area contributed by atoms with Gasteiger partial charge in [-0.15, -0.1) is 0 Å². The summed E-state index contributed by atoms with van der Waals surface area (Å²) in [5.74, 6) is -2.27. The molecular weight excluding hydrogens is 298 g/mol. The first-order valence-corrected chi connectivity index (χ1v) is 7.68. The second-order valence-electron chi connectivity index (χ2n) is 4.41. The fourth-order valence-corrected chi connectivity index (χ4v) is 2.64. The zero-order valence-corrected chi connectivity index (χ0v) is 12.5. The number of benzene rings is 1. The van der Waals surface area contributed by atoms with Crippen molar-refractivity contribution >= 4 is 22.0 Å². The normalized spacial score (nSPS) is 14.2. The third kappa shape index (κ3) is 4.83. The van der Waals surface area contributed by atoms with E-state index in [1.54, 1.807) is 30.3 Å². The van der Waals surface area contributed by atoms with Gasteiger partial charge in [-0.1, -0.05) is 30.3 Å². The Morgan fingerprint density at radius 3 is 2.33 bits per heavy atom. The molecule has 2 N–H and O–H groups in total. The van der Waals surface area contributed by atoms with Gasteiger partial charge in [0.1, 0.15) is 6.04 Å². The van der Waals surface area contributed by atoms with Gasteiger partial charge in [0.2, 0.25) is 10.0 Å². The number of nitrogens with one attached hydrogen (secondary N) is 1. The molecule has 21 heavy (non-hydrogen) atoms. The van der Waals surface area contributed by atoms with Crippen molar-refractivity contribution in [2.75, 3.05) is 7.11 Å². The van der Waals surface area contributed by atoms with Crippen LogP contribution in [0.2, 0.25) is 0 Å². The predicted octanol–water partition coefficient (Wildman–Crippen LogP) is 0.163. The quantitative estimate of drug-likeness (QED) is 0.694. The van der Waals surface area contributed by atoms with Gasteiger partial charge in [-0.05, 0) is 18.9 Å². The molecule has 0 aliphatic rings. The Morgan fingerprint density at radius 1 is 1.29 bits per heavy atom. The molecule has 7 nitrogen and oxygen atoms in total. The molecule has 0 heterocycles. The molecule has 0 bridgehead atoms. The van der Waals surface area contributed by atoms with E-state index in [-0.39, 0.29) is 6.42 Å². The van der Waals surface area contributed by atoms with Gasteiger partial charge in [0.25, 0.3) is 0 Å². The average Bonchev–Trinajstić information content (AvgIpc) is 2.45. The predicted molar refractivity (Wildman–Crippen MR) is 75.1 cm³/mol. The van der Waals surface area contributed by atoms with Gasteiger partial charge >= 0.3 is 11.9 Å². The maximum Gasteiger partial charge on any atom is 0.324 e. The van der Waals surface area contributed by atoms with Crippen LogP contribution in [0, 0.1) is 0 Å². The molecule has 2 unspecified atom stereocenters. The van der Waals surface area contributed by atoms with Crippen LogP contribution < -0.4 is 4.72 Å². The minimum absolute atomic E-state index is 0.0685. The summed E-state index contributed by atoms with van der Waals surface area (Å²) in [4.78, 5) is 22.5. The lowest BCUT2D eigenvalue weighted by atomic mass is 10.1. The summed E-state index contributed by atoms with van der Waals surface area (Å²) in [5, 5.41) is 7.11. The Labute approximate surface area is 123 Å². The first-order valence-electron chi connectivity index (χ1n) is 6.13.